The number of amides is 1. The van der Waals surface area contributed by atoms with Gasteiger partial charge in [-0.1, -0.05) is 18.2 Å². The average molecular weight is 357 g/mol. The monoisotopic (exact) mass is 357 g/mol. The van der Waals surface area contributed by atoms with Gasteiger partial charge in [0.25, 0.3) is 5.91 Å². The van der Waals surface area contributed by atoms with Crippen LogP contribution in [0.5, 0.6) is 5.75 Å². The van der Waals surface area contributed by atoms with Crippen molar-refractivity contribution in [2.24, 2.45) is 0 Å². The highest BCUT2D eigenvalue weighted by molar-refractivity contribution is 8.00. The zero-order valence-electron chi connectivity index (χ0n) is 13.2. The Morgan fingerprint density at radius 1 is 1.16 bits per heavy atom. The minimum atomic E-state index is -0.461. The first-order valence-electron chi connectivity index (χ1n) is 7.55. The van der Waals surface area contributed by atoms with E-state index in [0.29, 0.717) is 17.0 Å². The van der Waals surface area contributed by atoms with Crippen LogP contribution in [-0.4, -0.2) is 36.6 Å². The zero-order valence-corrected chi connectivity index (χ0v) is 14.0. The minimum absolute atomic E-state index is 0.0447. The standard InChI is InChI=1S/C18H15NO5S/c20-15(9-24-18(22)11-25-13-4-2-1-3-5-13)12-6-7-16-14(8-12)19-17(21)10-23-16/h1-8H,9-11H2,(H,19,21). The molecule has 0 saturated carbocycles. The van der Waals surface area contributed by atoms with Gasteiger partial charge in [0.05, 0.1) is 11.4 Å². The first kappa shape index (κ1) is 17.0. The number of hydrogen-bond donors (Lipinski definition) is 1. The van der Waals surface area contributed by atoms with Gasteiger partial charge in [-0.25, -0.2) is 0 Å². The number of anilines is 1. The maximum absolute atomic E-state index is 12.2. The number of esters is 1. The Labute approximate surface area is 148 Å². The van der Waals surface area contributed by atoms with Crippen molar-refractivity contribution >= 4 is 35.1 Å². The average Bonchev–Trinajstić information content (AvgIpc) is 2.64. The Balaban J connectivity index is 1.51. The molecule has 0 saturated heterocycles. The van der Waals surface area contributed by atoms with Gasteiger partial charge in [0, 0.05) is 10.5 Å². The van der Waals surface area contributed by atoms with Crippen LogP contribution in [0.2, 0.25) is 0 Å². The lowest BCUT2D eigenvalue weighted by molar-refractivity contribution is -0.139. The number of nitrogens with one attached hydrogen (secondary N) is 1. The van der Waals surface area contributed by atoms with E-state index in [2.05, 4.69) is 5.32 Å². The van der Waals surface area contributed by atoms with Crippen molar-refractivity contribution in [2.45, 2.75) is 4.90 Å². The van der Waals surface area contributed by atoms with Crippen molar-refractivity contribution in [3.8, 4) is 5.75 Å². The SMILES string of the molecule is O=C1COc2ccc(C(=O)COC(=O)CSc3ccccc3)cc2N1. The van der Waals surface area contributed by atoms with E-state index < -0.39 is 5.97 Å². The number of ketones is 1. The normalized spacial score (nSPS) is 12.6. The van der Waals surface area contributed by atoms with Crippen LogP contribution in [0.25, 0.3) is 0 Å². The van der Waals surface area contributed by atoms with Crippen LogP contribution in [0.1, 0.15) is 10.4 Å². The third-order valence-electron chi connectivity index (χ3n) is 3.40. The third kappa shape index (κ3) is 4.60. The van der Waals surface area contributed by atoms with Crippen LogP contribution in [-0.2, 0) is 14.3 Å². The van der Waals surface area contributed by atoms with E-state index in [9.17, 15) is 14.4 Å². The van der Waals surface area contributed by atoms with Crippen molar-refractivity contribution < 1.29 is 23.9 Å². The summed E-state index contributed by atoms with van der Waals surface area (Å²) < 4.78 is 10.2. The predicted molar refractivity (Wildman–Crippen MR) is 93.0 cm³/mol. The maximum atomic E-state index is 12.2. The second kappa shape index (κ2) is 7.85. The van der Waals surface area contributed by atoms with Crippen LogP contribution in [0.3, 0.4) is 0 Å². The molecule has 1 aliphatic rings. The molecule has 0 unspecified atom stereocenters. The van der Waals surface area contributed by atoms with Crippen LogP contribution in [0.4, 0.5) is 5.69 Å². The number of fused-ring (bicyclic) bond motifs is 1. The smallest absolute Gasteiger partial charge is 0.316 e. The Kier molecular flexibility index (Phi) is 5.35. The Hall–Kier alpha value is -2.80. The van der Waals surface area contributed by atoms with Gasteiger partial charge in [-0.15, -0.1) is 11.8 Å². The van der Waals surface area contributed by atoms with E-state index in [1.165, 1.54) is 17.8 Å². The topological polar surface area (TPSA) is 81.7 Å². The van der Waals surface area contributed by atoms with Crippen molar-refractivity contribution in [1.82, 2.24) is 0 Å². The van der Waals surface area contributed by atoms with Gasteiger partial charge in [0.2, 0.25) is 0 Å². The molecule has 0 bridgehead atoms. The number of Topliss-reactive ketones (excluding diaryl/α,β-unsaturated/α-hetero) is 1. The van der Waals surface area contributed by atoms with Crippen molar-refractivity contribution in [3.63, 3.8) is 0 Å². The van der Waals surface area contributed by atoms with Gasteiger partial charge in [-0.3, -0.25) is 14.4 Å². The highest BCUT2D eigenvalue weighted by Crippen LogP contribution is 2.28. The van der Waals surface area contributed by atoms with Crippen molar-refractivity contribution in [3.05, 3.63) is 54.1 Å². The summed E-state index contributed by atoms with van der Waals surface area (Å²) in [6, 6.07) is 14.2. The van der Waals surface area contributed by atoms with E-state index in [1.807, 2.05) is 30.3 Å². The lowest BCUT2D eigenvalue weighted by atomic mass is 10.1. The largest absolute Gasteiger partial charge is 0.482 e. The van der Waals surface area contributed by atoms with Gasteiger partial charge >= 0.3 is 5.97 Å². The molecule has 6 nitrogen and oxygen atoms in total. The predicted octanol–water partition coefficient (Wildman–Crippen LogP) is 2.54. The molecule has 7 heteroatoms. The van der Waals surface area contributed by atoms with E-state index in [1.54, 1.807) is 12.1 Å². The molecular weight excluding hydrogens is 342 g/mol. The molecule has 0 spiro atoms. The molecule has 25 heavy (non-hydrogen) atoms. The summed E-state index contributed by atoms with van der Waals surface area (Å²) >= 11 is 1.34. The number of carbonyl (C=O) groups is 3. The molecule has 1 heterocycles. The van der Waals surface area contributed by atoms with Crippen LogP contribution in [0.15, 0.2) is 53.4 Å². The molecule has 128 valence electrons. The number of thioether (sulfide) groups is 1. The van der Waals surface area contributed by atoms with E-state index in [0.717, 1.165) is 4.90 Å². The summed E-state index contributed by atoms with van der Waals surface area (Å²) in [5.41, 5.74) is 0.779. The first-order chi connectivity index (χ1) is 12.1. The molecule has 0 radical (unpaired) electrons. The van der Waals surface area contributed by atoms with Gasteiger partial charge < -0.3 is 14.8 Å². The second-order valence-corrected chi connectivity index (χ2v) is 6.28. The zero-order chi connectivity index (χ0) is 17.6. The Morgan fingerprint density at radius 3 is 2.76 bits per heavy atom. The molecule has 1 aliphatic heterocycles. The van der Waals surface area contributed by atoms with Gasteiger partial charge in [-0.2, -0.15) is 0 Å². The molecule has 3 rings (SSSR count). The fourth-order valence-corrected chi connectivity index (χ4v) is 2.90. The summed E-state index contributed by atoms with van der Waals surface area (Å²) in [4.78, 5) is 36.2. The van der Waals surface area contributed by atoms with E-state index in [4.69, 9.17) is 9.47 Å². The molecule has 1 N–H and O–H groups in total. The van der Waals surface area contributed by atoms with Gasteiger partial charge in [0.1, 0.15) is 5.75 Å². The molecule has 2 aromatic rings. The van der Waals surface area contributed by atoms with E-state index >= 15 is 0 Å². The second-order valence-electron chi connectivity index (χ2n) is 5.23. The molecule has 0 atom stereocenters. The maximum Gasteiger partial charge on any atom is 0.316 e. The third-order valence-corrected chi connectivity index (χ3v) is 4.38. The van der Waals surface area contributed by atoms with Gasteiger partial charge in [-0.05, 0) is 30.3 Å². The fourth-order valence-electron chi connectivity index (χ4n) is 2.19. The number of carbonyl (C=O) groups excluding carboxylic acids is 3. The number of ether oxygens (including phenoxy) is 2. The first-order valence-corrected chi connectivity index (χ1v) is 8.54. The summed E-state index contributed by atoms with van der Waals surface area (Å²) in [6.07, 6.45) is 0. The molecule has 2 aromatic carbocycles. The summed E-state index contributed by atoms with van der Waals surface area (Å²) in [7, 11) is 0. The van der Waals surface area contributed by atoms with Crippen LogP contribution >= 0.6 is 11.8 Å². The summed E-state index contributed by atoms with van der Waals surface area (Å²) in [6.45, 7) is -0.390. The van der Waals surface area contributed by atoms with Crippen LogP contribution < -0.4 is 10.1 Å². The fraction of sp³-hybridized carbons (Fsp3) is 0.167. The minimum Gasteiger partial charge on any atom is -0.482 e. The molecular formula is C18H15NO5S. The lowest BCUT2D eigenvalue weighted by Crippen LogP contribution is -2.25. The quantitative estimate of drug-likeness (QED) is 0.486. The van der Waals surface area contributed by atoms with Crippen molar-refractivity contribution in [2.75, 3.05) is 24.3 Å². The highest BCUT2D eigenvalue weighted by atomic mass is 32.2. The number of benzene rings is 2. The van der Waals surface area contributed by atoms with E-state index in [-0.39, 0.29) is 30.7 Å². The highest BCUT2D eigenvalue weighted by Gasteiger charge is 2.18. The molecule has 0 aliphatic carbocycles. The Bertz CT molecular complexity index is 806. The number of hydrogen-bond acceptors (Lipinski definition) is 6. The molecule has 0 aromatic heterocycles. The summed E-state index contributed by atoms with van der Waals surface area (Å²) in [5, 5.41) is 2.63. The molecule has 1 amide bonds. The Morgan fingerprint density at radius 2 is 1.96 bits per heavy atom. The summed E-state index contributed by atoms with van der Waals surface area (Å²) in [5.74, 6) is -0.447. The number of rotatable bonds is 6. The van der Waals surface area contributed by atoms with Crippen molar-refractivity contribution in [1.29, 1.82) is 0 Å². The van der Waals surface area contributed by atoms with Crippen LogP contribution in [0, 0.1) is 0 Å². The molecule has 0 fully saturated rings. The van der Waals surface area contributed by atoms with Gasteiger partial charge in [0.15, 0.2) is 19.0 Å². The lowest BCUT2D eigenvalue weighted by Gasteiger charge is -2.18.